The molecule has 0 unspecified atom stereocenters. The van der Waals surface area contributed by atoms with E-state index in [4.69, 9.17) is 5.11 Å². The lowest BCUT2D eigenvalue weighted by molar-refractivity contribution is -0.139. The molecule has 1 aromatic carbocycles. The largest absolute Gasteiger partial charge is 0.480 e. The number of benzene rings is 1. The van der Waals surface area contributed by atoms with Crippen LogP contribution in [0.2, 0.25) is 0 Å². The van der Waals surface area contributed by atoms with Gasteiger partial charge in [0.05, 0.1) is 6.54 Å². The SMILES string of the molecule is CCN(CC(=O)O)C1CC(NC(=O)CCc2ccc(C)cc2)C1. The Morgan fingerprint density at radius 2 is 1.91 bits per heavy atom. The van der Waals surface area contributed by atoms with Gasteiger partial charge in [-0.05, 0) is 38.3 Å². The van der Waals surface area contributed by atoms with Crippen molar-refractivity contribution in [1.82, 2.24) is 10.2 Å². The van der Waals surface area contributed by atoms with Crippen LogP contribution in [0.3, 0.4) is 0 Å². The number of hydrogen-bond donors (Lipinski definition) is 2. The van der Waals surface area contributed by atoms with Crippen LogP contribution < -0.4 is 5.32 Å². The molecule has 0 spiro atoms. The molecule has 5 nitrogen and oxygen atoms in total. The maximum absolute atomic E-state index is 12.0. The summed E-state index contributed by atoms with van der Waals surface area (Å²) in [6, 6.07) is 8.71. The molecule has 0 radical (unpaired) electrons. The van der Waals surface area contributed by atoms with Crippen molar-refractivity contribution in [3.05, 3.63) is 35.4 Å². The van der Waals surface area contributed by atoms with Gasteiger partial charge in [-0.25, -0.2) is 0 Å². The number of carbonyl (C=O) groups is 2. The summed E-state index contributed by atoms with van der Waals surface area (Å²) in [6.45, 7) is 4.82. The van der Waals surface area contributed by atoms with E-state index in [1.807, 2.05) is 18.7 Å². The summed E-state index contributed by atoms with van der Waals surface area (Å²) in [6.07, 6.45) is 2.94. The predicted molar refractivity (Wildman–Crippen MR) is 89.3 cm³/mol. The summed E-state index contributed by atoms with van der Waals surface area (Å²) in [5.74, 6) is -0.715. The fourth-order valence-electron chi connectivity index (χ4n) is 2.99. The number of likely N-dealkylation sites (N-methyl/N-ethyl adjacent to an activating group) is 1. The van der Waals surface area contributed by atoms with Gasteiger partial charge in [-0.15, -0.1) is 0 Å². The molecule has 1 aliphatic rings. The average Bonchev–Trinajstić information content (AvgIpc) is 2.47. The number of aryl methyl sites for hydroxylation is 2. The van der Waals surface area contributed by atoms with Crippen LogP contribution in [0.25, 0.3) is 0 Å². The number of carboxylic acid groups (broad SMARTS) is 1. The maximum Gasteiger partial charge on any atom is 0.317 e. The summed E-state index contributed by atoms with van der Waals surface area (Å²) in [7, 11) is 0. The van der Waals surface area contributed by atoms with Crippen LogP contribution in [0.15, 0.2) is 24.3 Å². The van der Waals surface area contributed by atoms with E-state index < -0.39 is 5.97 Å². The van der Waals surface area contributed by atoms with Gasteiger partial charge in [0.2, 0.25) is 5.91 Å². The zero-order valence-corrected chi connectivity index (χ0v) is 13.9. The van der Waals surface area contributed by atoms with E-state index in [-0.39, 0.29) is 24.5 Å². The molecule has 5 heteroatoms. The highest BCUT2D eigenvalue weighted by Crippen LogP contribution is 2.25. The van der Waals surface area contributed by atoms with Gasteiger partial charge in [0.1, 0.15) is 0 Å². The number of amides is 1. The Kier molecular flexibility index (Phi) is 6.16. The number of carbonyl (C=O) groups excluding carboxylic acids is 1. The Bertz CT molecular complexity index is 536. The number of rotatable bonds is 8. The van der Waals surface area contributed by atoms with Gasteiger partial charge in [-0.1, -0.05) is 36.8 Å². The smallest absolute Gasteiger partial charge is 0.317 e. The minimum absolute atomic E-state index is 0.0786. The lowest BCUT2D eigenvalue weighted by Crippen LogP contribution is -2.54. The molecule has 2 N–H and O–H groups in total. The Morgan fingerprint density at radius 3 is 2.48 bits per heavy atom. The van der Waals surface area contributed by atoms with Crippen molar-refractivity contribution >= 4 is 11.9 Å². The highest BCUT2D eigenvalue weighted by Gasteiger charge is 2.34. The summed E-state index contributed by atoms with van der Waals surface area (Å²) in [4.78, 5) is 24.7. The molecule has 2 rings (SSSR count). The second-order valence-electron chi connectivity index (χ2n) is 6.33. The summed E-state index contributed by atoms with van der Waals surface area (Å²) >= 11 is 0. The molecule has 0 aromatic heterocycles. The van der Waals surface area contributed by atoms with Gasteiger partial charge in [-0.2, -0.15) is 0 Å². The molecule has 1 saturated carbocycles. The minimum Gasteiger partial charge on any atom is -0.480 e. The second kappa shape index (κ2) is 8.11. The van der Waals surface area contributed by atoms with Gasteiger partial charge >= 0.3 is 5.97 Å². The van der Waals surface area contributed by atoms with E-state index in [0.29, 0.717) is 6.42 Å². The van der Waals surface area contributed by atoms with Gasteiger partial charge in [0, 0.05) is 18.5 Å². The van der Waals surface area contributed by atoms with E-state index in [1.165, 1.54) is 11.1 Å². The molecule has 1 amide bonds. The summed E-state index contributed by atoms with van der Waals surface area (Å²) in [5.41, 5.74) is 2.40. The van der Waals surface area contributed by atoms with Crippen LogP contribution in [0.5, 0.6) is 0 Å². The van der Waals surface area contributed by atoms with Crippen LogP contribution in [-0.4, -0.2) is 47.1 Å². The first kappa shape index (κ1) is 17.5. The van der Waals surface area contributed by atoms with E-state index in [2.05, 4.69) is 29.6 Å². The molecule has 0 aliphatic heterocycles. The fourth-order valence-corrected chi connectivity index (χ4v) is 2.99. The first-order chi connectivity index (χ1) is 11.0. The second-order valence-corrected chi connectivity index (χ2v) is 6.33. The number of nitrogens with one attached hydrogen (secondary N) is 1. The van der Waals surface area contributed by atoms with Crippen molar-refractivity contribution in [3.63, 3.8) is 0 Å². The molecule has 126 valence electrons. The highest BCUT2D eigenvalue weighted by molar-refractivity contribution is 5.76. The number of carboxylic acids is 1. The van der Waals surface area contributed by atoms with E-state index in [0.717, 1.165) is 25.8 Å². The molecule has 1 aliphatic carbocycles. The Morgan fingerprint density at radius 1 is 1.26 bits per heavy atom. The van der Waals surface area contributed by atoms with Gasteiger partial charge < -0.3 is 10.4 Å². The van der Waals surface area contributed by atoms with Crippen molar-refractivity contribution in [2.75, 3.05) is 13.1 Å². The summed E-state index contributed by atoms with van der Waals surface area (Å²) in [5, 5.41) is 11.9. The highest BCUT2D eigenvalue weighted by atomic mass is 16.4. The third-order valence-corrected chi connectivity index (χ3v) is 4.50. The number of nitrogens with zero attached hydrogens (tertiary/aromatic N) is 1. The molecule has 1 aromatic rings. The summed E-state index contributed by atoms with van der Waals surface area (Å²) < 4.78 is 0. The first-order valence-corrected chi connectivity index (χ1v) is 8.28. The predicted octanol–water partition coefficient (Wildman–Crippen LogP) is 1.98. The molecular weight excluding hydrogens is 292 g/mol. The topological polar surface area (TPSA) is 69.6 Å². The van der Waals surface area contributed by atoms with Gasteiger partial charge in [0.15, 0.2) is 0 Å². The Hall–Kier alpha value is -1.88. The molecule has 23 heavy (non-hydrogen) atoms. The molecule has 0 saturated heterocycles. The van der Waals surface area contributed by atoms with Crippen molar-refractivity contribution < 1.29 is 14.7 Å². The van der Waals surface area contributed by atoms with Crippen molar-refractivity contribution in [3.8, 4) is 0 Å². The monoisotopic (exact) mass is 318 g/mol. The van der Waals surface area contributed by atoms with Gasteiger partial charge in [0.25, 0.3) is 0 Å². The van der Waals surface area contributed by atoms with Crippen molar-refractivity contribution in [2.45, 2.75) is 51.6 Å². The lowest BCUT2D eigenvalue weighted by Gasteiger charge is -2.42. The normalized spacial score (nSPS) is 20.1. The third-order valence-electron chi connectivity index (χ3n) is 4.50. The minimum atomic E-state index is -0.794. The molecule has 0 heterocycles. The third kappa shape index (κ3) is 5.36. The molecule has 0 atom stereocenters. The van der Waals surface area contributed by atoms with E-state index >= 15 is 0 Å². The maximum atomic E-state index is 12.0. The van der Waals surface area contributed by atoms with Crippen LogP contribution in [-0.2, 0) is 16.0 Å². The standard InChI is InChI=1S/C18H26N2O3/c1-3-20(12-18(22)23)16-10-15(11-16)19-17(21)9-8-14-6-4-13(2)5-7-14/h4-7,15-16H,3,8-12H2,1-2H3,(H,19,21)(H,22,23). The average molecular weight is 318 g/mol. The molecule has 0 bridgehead atoms. The van der Waals surface area contributed by atoms with Crippen LogP contribution in [0.1, 0.15) is 37.3 Å². The zero-order chi connectivity index (χ0) is 16.8. The fraction of sp³-hybridized carbons (Fsp3) is 0.556. The molecular formula is C18H26N2O3. The Balaban J connectivity index is 1.67. The first-order valence-electron chi connectivity index (χ1n) is 8.28. The van der Waals surface area contributed by atoms with Crippen LogP contribution >= 0.6 is 0 Å². The lowest BCUT2D eigenvalue weighted by atomic mass is 9.85. The van der Waals surface area contributed by atoms with Crippen LogP contribution in [0.4, 0.5) is 0 Å². The quantitative estimate of drug-likeness (QED) is 0.769. The van der Waals surface area contributed by atoms with Gasteiger partial charge in [-0.3, -0.25) is 14.5 Å². The van der Waals surface area contributed by atoms with Crippen molar-refractivity contribution in [2.24, 2.45) is 0 Å². The van der Waals surface area contributed by atoms with Crippen LogP contribution in [0, 0.1) is 6.92 Å². The van der Waals surface area contributed by atoms with E-state index in [1.54, 1.807) is 0 Å². The zero-order valence-electron chi connectivity index (χ0n) is 13.9. The Labute approximate surface area is 137 Å². The number of hydrogen-bond acceptors (Lipinski definition) is 3. The molecule has 1 fully saturated rings. The van der Waals surface area contributed by atoms with E-state index in [9.17, 15) is 9.59 Å². The number of aliphatic carboxylic acids is 1. The van der Waals surface area contributed by atoms with Crippen molar-refractivity contribution in [1.29, 1.82) is 0 Å².